The quantitative estimate of drug-likeness (QED) is 0.189. The molecule has 2 aromatic carbocycles. The molecular formula is C36H39FN6O3S2. The van der Waals surface area contributed by atoms with Crippen molar-refractivity contribution in [1.82, 2.24) is 24.1 Å². The highest BCUT2D eigenvalue weighted by Gasteiger charge is 2.30. The zero-order valence-corrected chi connectivity index (χ0v) is 28.9. The molecule has 8 rings (SSSR count). The van der Waals surface area contributed by atoms with Crippen LogP contribution in [0, 0.1) is 5.82 Å². The van der Waals surface area contributed by atoms with Crippen molar-refractivity contribution >= 4 is 46.1 Å². The number of thioether (sulfide) groups is 2. The van der Waals surface area contributed by atoms with Crippen molar-refractivity contribution in [3.05, 3.63) is 75.7 Å². The Labute approximate surface area is 287 Å². The van der Waals surface area contributed by atoms with E-state index in [1.807, 2.05) is 16.4 Å². The van der Waals surface area contributed by atoms with Crippen LogP contribution in [-0.2, 0) is 57.2 Å². The summed E-state index contributed by atoms with van der Waals surface area (Å²) >= 11 is 3.51. The maximum Gasteiger partial charge on any atom is 0.352 e. The second kappa shape index (κ2) is 12.9. The number of ether oxygens (including phenoxy) is 1. The number of halogens is 1. The van der Waals surface area contributed by atoms with E-state index in [4.69, 9.17) is 14.9 Å². The van der Waals surface area contributed by atoms with E-state index >= 15 is 4.39 Å². The number of hydrogen-bond donors (Lipinski definition) is 2. The lowest BCUT2D eigenvalue weighted by atomic mass is 9.95. The Kier molecular flexibility index (Phi) is 8.40. The van der Waals surface area contributed by atoms with E-state index in [0.717, 1.165) is 101 Å². The molecule has 3 aliphatic rings. The van der Waals surface area contributed by atoms with Crippen LogP contribution in [0.3, 0.4) is 0 Å². The first kappa shape index (κ1) is 31.4. The van der Waals surface area contributed by atoms with Gasteiger partial charge >= 0.3 is 5.97 Å². The molecule has 0 atom stereocenters. The van der Waals surface area contributed by atoms with E-state index in [0.29, 0.717) is 47.6 Å². The molecule has 3 aliphatic heterocycles. The molecular weight excluding hydrogens is 648 g/mol. The zero-order chi connectivity index (χ0) is 32.9. The van der Waals surface area contributed by atoms with Crippen LogP contribution < -0.4 is 10.1 Å². The number of aryl methyl sites for hydroxylation is 5. The number of fused-ring (bicyclic) bond motifs is 10. The Balaban J connectivity index is 1.25. The van der Waals surface area contributed by atoms with Gasteiger partial charge in [0.1, 0.15) is 17.3 Å². The molecule has 0 amide bonds. The van der Waals surface area contributed by atoms with E-state index in [9.17, 15) is 9.90 Å². The first-order valence-electron chi connectivity index (χ1n) is 16.7. The standard InChI is InChI=1S/C36H39FN6O3S2/c1-41-34-26-10-11-27(37)31(34)32-28(40-43-13-4-3-9-29(32)43)20-47-18-22-16-23(42(2)39-22)19-48-24-15-21-7-5-12-38-33(21)30(17-24)46-14-6-8-25(26)35(41)36(44)45/h10-11,15-17,38H,3-9,12-14,18-20H2,1-2H3,(H,44,45). The Bertz CT molecular complexity index is 2060. The topological polar surface area (TPSA) is 99.1 Å². The maximum absolute atomic E-state index is 16.2. The molecule has 0 fully saturated rings. The predicted octanol–water partition coefficient (Wildman–Crippen LogP) is 7.36. The molecule has 0 saturated heterocycles. The molecule has 6 heterocycles. The van der Waals surface area contributed by atoms with Gasteiger partial charge in [-0.25, -0.2) is 9.18 Å². The van der Waals surface area contributed by atoms with Crippen molar-refractivity contribution in [3.63, 3.8) is 0 Å². The monoisotopic (exact) mass is 686 g/mol. The van der Waals surface area contributed by atoms with Gasteiger partial charge < -0.3 is 19.7 Å². The number of aromatic nitrogens is 5. The highest BCUT2D eigenvalue weighted by atomic mass is 32.2. The van der Waals surface area contributed by atoms with Crippen LogP contribution in [0.15, 0.2) is 35.2 Å². The summed E-state index contributed by atoms with van der Waals surface area (Å²) in [6.07, 6.45) is 6.03. The molecule has 0 spiro atoms. The lowest BCUT2D eigenvalue weighted by Gasteiger charge is -2.22. The highest BCUT2D eigenvalue weighted by molar-refractivity contribution is 7.98. The largest absolute Gasteiger partial charge is 0.491 e. The molecule has 9 nitrogen and oxygen atoms in total. The number of anilines is 1. The van der Waals surface area contributed by atoms with E-state index in [1.54, 1.807) is 41.2 Å². The average Bonchev–Trinajstić information content (AvgIpc) is 3.72. The van der Waals surface area contributed by atoms with Crippen molar-refractivity contribution in [2.45, 2.75) is 73.6 Å². The molecule has 5 aromatic rings. The van der Waals surface area contributed by atoms with Gasteiger partial charge in [-0.15, -0.1) is 23.5 Å². The van der Waals surface area contributed by atoms with Gasteiger partial charge in [-0.05, 0) is 86.4 Å². The molecule has 250 valence electrons. The number of nitrogens with zero attached hydrogens (tertiary/aromatic N) is 5. The zero-order valence-electron chi connectivity index (χ0n) is 27.3. The third kappa shape index (κ3) is 5.56. The molecule has 8 bridgehead atoms. The molecule has 0 unspecified atom stereocenters. The molecule has 0 saturated carbocycles. The summed E-state index contributed by atoms with van der Waals surface area (Å²) in [7, 11) is 3.75. The summed E-state index contributed by atoms with van der Waals surface area (Å²) < 4.78 is 28.4. The third-order valence-corrected chi connectivity index (χ3v) is 11.8. The normalized spacial score (nSPS) is 16.7. The van der Waals surface area contributed by atoms with Crippen LogP contribution >= 0.6 is 23.5 Å². The maximum atomic E-state index is 16.2. The lowest BCUT2D eigenvalue weighted by molar-refractivity contribution is 0.0685. The molecule has 48 heavy (non-hydrogen) atoms. The number of aromatic carboxylic acids is 1. The minimum Gasteiger partial charge on any atom is -0.491 e. The van der Waals surface area contributed by atoms with Crippen LogP contribution in [0.5, 0.6) is 5.75 Å². The summed E-state index contributed by atoms with van der Waals surface area (Å²) in [5.74, 6) is 1.54. The van der Waals surface area contributed by atoms with Crippen LogP contribution in [0.1, 0.15) is 70.1 Å². The average molecular weight is 687 g/mol. The van der Waals surface area contributed by atoms with E-state index in [-0.39, 0.29) is 11.5 Å². The second-order valence-electron chi connectivity index (χ2n) is 12.9. The van der Waals surface area contributed by atoms with Gasteiger partial charge in [-0.1, -0.05) is 0 Å². The smallest absolute Gasteiger partial charge is 0.352 e. The number of rotatable bonds is 1. The van der Waals surface area contributed by atoms with E-state index in [2.05, 4.69) is 23.5 Å². The van der Waals surface area contributed by atoms with Crippen molar-refractivity contribution in [2.75, 3.05) is 18.5 Å². The van der Waals surface area contributed by atoms with Crippen molar-refractivity contribution in [1.29, 1.82) is 0 Å². The number of nitrogens with one attached hydrogen (secondary N) is 1. The predicted molar refractivity (Wildman–Crippen MR) is 189 cm³/mol. The Morgan fingerprint density at radius 2 is 1.90 bits per heavy atom. The van der Waals surface area contributed by atoms with E-state index in [1.165, 1.54) is 11.6 Å². The van der Waals surface area contributed by atoms with Crippen molar-refractivity contribution in [3.8, 4) is 16.9 Å². The van der Waals surface area contributed by atoms with Gasteiger partial charge in [0.2, 0.25) is 0 Å². The van der Waals surface area contributed by atoms with E-state index < -0.39 is 5.97 Å². The van der Waals surface area contributed by atoms with Crippen LogP contribution in [0.25, 0.3) is 22.0 Å². The minimum absolute atomic E-state index is 0.194. The van der Waals surface area contributed by atoms with Gasteiger partial charge in [-0.3, -0.25) is 9.36 Å². The Morgan fingerprint density at radius 1 is 1.00 bits per heavy atom. The molecule has 0 radical (unpaired) electrons. The number of hydrogen-bond acceptors (Lipinski definition) is 7. The van der Waals surface area contributed by atoms with Gasteiger partial charge in [0.25, 0.3) is 0 Å². The van der Waals surface area contributed by atoms with Crippen molar-refractivity contribution < 1.29 is 19.0 Å². The fourth-order valence-corrected chi connectivity index (χ4v) is 9.50. The summed E-state index contributed by atoms with van der Waals surface area (Å²) in [4.78, 5) is 13.9. The van der Waals surface area contributed by atoms with Gasteiger partial charge in [0, 0.05) is 77.2 Å². The SMILES string of the molecule is Cn1nc2cc1CSc1cc3c(c(c1)OCCCc1c(C(=O)O)n(C)c4c(c(F)ccc14)-c1c(nn4c1CCCC4)CSC2)NCCC3. The van der Waals surface area contributed by atoms with Crippen LogP contribution in [-0.4, -0.2) is 48.4 Å². The molecule has 2 N–H and O–H groups in total. The first-order chi connectivity index (χ1) is 23.4. The fraction of sp³-hybridized carbons (Fsp3) is 0.417. The summed E-state index contributed by atoms with van der Waals surface area (Å²) in [5.41, 5.74) is 9.13. The van der Waals surface area contributed by atoms with Crippen LogP contribution in [0.2, 0.25) is 0 Å². The van der Waals surface area contributed by atoms with Gasteiger partial charge in [0.15, 0.2) is 0 Å². The molecule has 12 heteroatoms. The minimum atomic E-state index is -1.02. The number of benzene rings is 2. The number of carboxylic acids is 1. The Morgan fingerprint density at radius 3 is 2.77 bits per heavy atom. The number of carboxylic acid groups (broad SMARTS) is 1. The second-order valence-corrected chi connectivity index (χ2v) is 15.0. The fourth-order valence-electron chi connectivity index (χ4n) is 7.65. The molecule has 0 aliphatic carbocycles. The third-order valence-electron chi connectivity index (χ3n) is 9.84. The number of carbonyl (C=O) groups is 1. The summed E-state index contributed by atoms with van der Waals surface area (Å²) in [6, 6.07) is 9.82. The van der Waals surface area contributed by atoms with Gasteiger partial charge in [-0.2, -0.15) is 10.2 Å². The molecule has 3 aromatic heterocycles. The summed E-state index contributed by atoms with van der Waals surface area (Å²) in [5, 5.41) is 24.6. The lowest BCUT2D eigenvalue weighted by Crippen LogP contribution is -2.14. The van der Waals surface area contributed by atoms with Crippen molar-refractivity contribution in [2.24, 2.45) is 14.1 Å². The first-order valence-corrected chi connectivity index (χ1v) is 18.9. The van der Waals surface area contributed by atoms with Gasteiger partial charge in [0.05, 0.1) is 29.2 Å². The summed E-state index contributed by atoms with van der Waals surface area (Å²) in [6.45, 7) is 2.13. The van der Waals surface area contributed by atoms with Crippen LogP contribution in [0.4, 0.5) is 10.1 Å². The Hall–Kier alpha value is -3.90. The highest BCUT2D eigenvalue weighted by Crippen LogP contribution is 2.42.